The molecule has 206 valence electrons. The monoisotopic (exact) mass is 598 g/mol. The van der Waals surface area contributed by atoms with Crippen molar-refractivity contribution in [3.8, 4) is 5.75 Å². The van der Waals surface area contributed by atoms with Gasteiger partial charge in [0.15, 0.2) is 6.61 Å². The van der Waals surface area contributed by atoms with Crippen molar-refractivity contribution in [1.82, 2.24) is 10.2 Å². The molecule has 4 aromatic rings. The maximum atomic E-state index is 14.0. The number of carbonyl (C=O) groups is 2. The Hall–Kier alpha value is -3.64. The summed E-state index contributed by atoms with van der Waals surface area (Å²) in [5.41, 5.74) is 1.96. The lowest BCUT2D eigenvalue weighted by atomic mass is 9.94. The number of nitrogens with zero attached hydrogens (tertiary/aromatic N) is 1. The molecular weight excluding hydrogens is 564 g/mol. The molecule has 1 saturated carbocycles. The number of ether oxygens (including phenoxy) is 1. The predicted octanol–water partition coefficient (Wildman–Crippen LogP) is 7.07. The van der Waals surface area contributed by atoms with Crippen LogP contribution >= 0.6 is 15.9 Å². The Morgan fingerprint density at radius 3 is 2.30 bits per heavy atom. The van der Waals surface area contributed by atoms with Crippen LogP contribution < -0.4 is 10.1 Å². The van der Waals surface area contributed by atoms with Crippen LogP contribution in [0, 0.1) is 0 Å². The highest BCUT2D eigenvalue weighted by Gasteiger charge is 2.32. The van der Waals surface area contributed by atoms with Crippen LogP contribution in [0.4, 0.5) is 0 Å². The first kappa shape index (κ1) is 27.9. The molecule has 0 spiro atoms. The van der Waals surface area contributed by atoms with Crippen LogP contribution in [-0.2, 0) is 22.6 Å². The van der Waals surface area contributed by atoms with Crippen molar-refractivity contribution in [3.05, 3.63) is 113 Å². The summed E-state index contributed by atoms with van der Waals surface area (Å²) >= 11 is 3.50. The largest absolute Gasteiger partial charge is 0.483 e. The van der Waals surface area contributed by atoms with Crippen LogP contribution in [0.5, 0.6) is 5.75 Å². The van der Waals surface area contributed by atoms with Gasteiger partial charge in [-0.25, -0.2) is 0 Å². The van der Waals surface area contributed by atoms with Gasteiger partial charge in [-0.1, -0.05) is 114 Å². The van der Waals surface area contributed by atoms with Gasteiger partial charge in [-0.05, 0) is 47.6 Å². The molecule has 5 nitrogen and oxygen atoms in total. The van der Waals surface area contributed by atoms with Crippen molar-refractivity contribution < 1.29 is 14.3 Å². The van der Waals surface area contributed by atoms with E-state index in [9.17, 15) is 9.59 Å². The SMILES string of the molecule is O=C(NC1CCCCC1)[C@@H](Cc1ccccc1)N(Cc1ccc(Br)cc1)C(=O)COc1cccc2ccccc12. The summed E-state index contributed by atoms with van der Waals surface area (Å²) in [6, 6.07) is 31.1. The second kappa shape index (κ2) is 13.6. The van der Waals surface area contributed by atoms with Crippen LogP contribution in [0.15, 0.2) is 102 Å². The first-order chi connectivity index (χ1) is 19.6. The van der Waals surface area contributed by atoms with Crippen LogP contribution in [0.3, 0.4) is 0 Å². The maximum Gasteiger partial charge on any atom is 0.261 e. The molecule has 1 aliphatic rings. The third-order valence-electron chi connectivity index (χ3n) is 7.59. The first-order valence-corrected chi connectivity index (χ1v) is 14.8. The highest BCUT2D eigenvalue weighted by Crippen LogP contribution is 2.26. The van der Waals surface area contributed by atoms with E-state index in [1.54, 1.807) is 4.90 Å². The zero-order chi connectivity index (χ0) is 27.7. The van der Waals surface area contributed by atoms with E-state index in [0.717, 1.165) is 52.1 Å². The number of carbonyl (C=O) groups excluding carboxylic acids is 2. The fourth-order valence-corrected chi connectivity index (χ4v) is 5.69. The Bertz CT molecular complexity index is 1410. The zero-order valence-corrected chi connectivity index (χ0v) is 24.2. The number of nitrogens with one attached hydrogen (secondary N) is 1. The van der Waals surface area contributed by atoms with E-state index < -0.39 is 6.04 Å². The molecule has 40 heavy (non-hydrogen) atoms. The molecule has 6 heteroatoms. The average molecular weight is 600 g/mol. The van der Waals surface area contributed by atoms with Crippen molar-refractivity contribution in [3.63, 3.8) is 0 Å². The number of amides is 2. The average Bonchev–Trinajstić information content (AvgIpc) is 2.99. The Labute approximate surface area is 244 Å². The van der Waals surface area contributed by atoms with Gasteiger partial charge in [0.25, 0.3) is 5.91 Å². The van der Waals surface area contributed by atoms with E-state index in [4.69, 9.17) is 4.74 Å². The normalized spacial score (nSPS) is 14.4. The maximum absolute atomic E-state index is 14.0. The lowest BCUT2D eigenvalue weighted by molar-refractivity contribution is -0.143. The van der Waals surface area contributed by atoms with E-state index >= 15 is 0 Å². The summed E-state index contributed by atoms with van der Waals surface area (Å²) in [7, 11) is 0. The summed E-state index contributed by atoms with van der Waals surface area (Å²) in [6.07, 6.45) is 5.84. The fraction of sp³-hybridized carbons (Fsp3) is 0.294. The van der Waals surface area contributed by atoms with Gasteiger partial charge in [-0.15, -0.1) is 0 Å². The molecular formula is C34H35BrN2O3. The van der Waals surface area contributed by atoms with Gasteiger partial charge in [0.1, 0.15) is 11.8 Å². The quantitative estimate of drug-likeness (QED) is 0.212. The topological polar surface area (TPSA) is 58.6 Å². The van der Waals surface area contributed by atoms with Crippen LogP contribution in [-0.4, -0.2) is 35.4 Å². The number of halogens is 1. The molecule has 0 aliphatic heterocycles. The zero-order valence-electron chi connectivity index (χ0n) is 22.6. The van der Waals surface area contributed by atoms with Gasteiger partial charge >= 0.3 is 0 Å². The molecule has 5 rings (SSSR count). The Morgan fingerprint density at radius 1 is 0.825 bits per heavy atom. The molecule has 0 unspecified atom stereocenters. The Kier molecular flexibility index (Phi) is 9.50. The summed E-state index contributed by atoms with van der Waals surface area (Å²) < 4.78 is 7.08. The Balaban J connectivity index is 1.43. The summed E-state index contributed by atoms with van der Waals surface area (Å²) in [5, 5.41) is 5.29. The molecule has 2 amide bonds. The molecule has 0 aromatic heterocycles. The van der Waals surface area contributed by atoms with Crippen LogP contribution in [0.25, 0.3) is 10.8 Å². The van der Waals surface area contributed by atoms with Crippen molar-refractivity contribution in [2.45, 2.75) is 57.2 Å². The van der Waals surface area contributed by atoms with Crippen LogP contribution in [0.2, 0.25) is 0 Å². The molecule has 1 fully saturated rings. The van der Waals surface area contributed by atoms with Crippen molar-refractivity contribution in [2.24, 2.45) is 0 Å². The second-order valence-electron chi connectivity index (χ2n) is 10.5. The second-order valence-corrected chi connectivity index (χ2v) is 11.4. The van der Waals surface area contributed by atoms with Gasteiger partial charge in [0.2, 0.25) is 5.91 Å². The standard InChI is InChI=1S/C34H35BrN2O3/c35-28-20-18-26(19-21-28)23-37(33(38)24-40-32-17-9-13-27-12-7-8-16-30(27)32)31(22-25-10-3-1-4-11-25)34(39)36-29-14-5-2-6-15-29/h1,3-4,7-13,16-21,29,31H,2,5-6,14-15,22-24H2,(H,36,39)/t31-/m1/s1. The summed E-state index contributed by atoms with van der Waals surface area (Å²) in [5.74, 6) is 0.322. The minimum Gasteiger partial charge on any atom is -0.483 e. The van der Waals surface area contributed by atoms with Gasteiger partial charge in [-0.3, -0.25) is 9.59 Å². The van der Waals surface area contributed by atoms with Gasteiger partial charge < -0.3 is 15.0 Å². The highest BCUT2D eigenvalue weighted by atomic mass is 79.9. The number of rotatable bonds is 10. The number of hydrogen-bond acceptors (Lipinski definition) is 3. The molecule has 0 heterocycles. The molecule has 1 atom stereocenters. The smallest absolute Gasteiger partial charge is 0.261 e. The van der Waals surface area contributed by atoms with Crippen molar-refractivity contribution >= 4 is 38.5 Å². The lowest BCUT2D eigenvalue weighted by Gasteiger charge is -2.33. The van der Waals surface area contributed by atoms with E-state index in [0.29, 0.717) is 18.7 Å². The van der Waals surface area contributed by atoms with Gasteiger partial charge in [0.05, 0.1) is 0 Å². The molecule has 0 bridgehead atoms. The first-order valence-electron chi connectivity index (χ1n) is 14.1. The molecule has 4 aromatic carbocycles. The van der Waals surface area contributed by atoms with Crippen LogP contribution in [0.1, 0.15) is 43.2 Å². The van der Waals surface area contributed by atoms with Gasteiger partial charge in [-0.2, -0.15) is 0 Å². The molecule has 1 N–H and O–H groups in total. The molecule has 1 aliphatic carbocycles. The predicted molar refractivity (Wildman–Crippen MR) is 163 cm³/mol. The minimum atomic E-state index is -0.670. The Morgan fingerprint density at radius 2 is 1.52 bits per heavy atom. The van der Waals surface area contributed by atoms with Crippen molar-refractivity contribution in [2.75, 3.05) is 6.61 Å². The number of benzene rings is 4. The van der Waals surface area contributed by atoms with E-state index in [1.807, 2.05) is 97.1 Å². The minimum absolute atomic E-state index is 0.105. The molecule has 0 saturated heterocycles. The molecule has 0 radical (unpaired) electrons. The van der Waals surface area contributed by atoms with Gasteiger partial charge in [0, 0.05) is 28.9 Å². The van der Waals surface area contributed by atoms with E-state index in [2.05, 4.69) is 21.2 Å². The lowest BCUT2D eigenvalue weighted by Crippen LogP contribution is -2.53. The highest BCUT2D eigenvalue weighted by molar-refractivity contribution is 9.10. The van der Waals surface area contributed by atoms with E-state index in [-0.39, 0.29) is 24.5 Å². The number of fused-ring (bicyclic) bond motifs is 1. The van der Waals surface area contributed by atoms with Crippen molar-refractivity contribution in [1.29, 1.82) is 0 Å². The fourth-order valence-electron chi connectivity index (χ4n) is 5.43. The van der Waals surface area contributed by atoms with E-state index in [1.165, 1.54) is 6.42 Å². The third kappa shape index (κ3) is 7.30. The third-order valence-corrected chi connectivity index (χ3v) is 8.12. The summed E-state index contributed by atoms with van der Waals surface area (Å²) in [4.78, 5) is 29.6. The summed E-state index contributed by atoms with van der Waals surface area (Å²) in [6.45, 7) is 0.146. The number of hydrogen-bond donors (Lipinski definition) is 1.